The molecule has 0 saturated heterocycles. The fraction of sp³-hybridized carbons (Fsp3) is 0.0333. The third-order valence-electron chi connectivity index (χ3n) is 5.98. The molecule has 0 fully saturated rings. The van der Waals surface area contributed by atoms with Crippen molar-refractivity contribution in [3.05, 3.63) is 131 Å². The molecule has 2 N–H and O–H groups in total. The summed E-state index contributed by atoms with van der Waals surface area (Å²) in [5.41, 5.74) is 7.54. The van der Waals surface area contributed by atoms with E-state index in [1.807, 2.05) is 67.7 Å². The molecule has 40 heavy (non-hydrogen) atoms. The van der Waals surface area contributed by atoms with Gasteiger partial charge in [-0.1, -0.05) is 59.6 Å². The summed E-state index contributed by atoms with van der Waals surface area (Å²) in [6.45, 7) is 2.02. The number of rotatable bonds is 8. The average Bonchev–Trinajstić information content (AvgIpc) is 3.38. The average molecular weight is 570 g/mol. The summed E-state index contributed by atoms with van der Waals surface area (Å²) in [6.07, 6.45) is 3.40. The van der Waals surface area contributed by atoms with E-state index in [-0.39, 0.29) is 4.90 Å². The monoisotopic (exact) mass is 569 g/mol. The van der Waals surface area contributed by atoms with Gasteiger partial charge < -0.3 is 0 Å². The van der Waals surface area contributed by atoms with Crippen molar-refractivity contribution in [3.8, 4) is 16.9 Å². The molecule has 1 aromatic heterocycles. The number of amides is 1. The van der Waals surface area contributed by atoms with Gasteiger partial charge >= 0.3 is 0 Å². The van der Waals surface area contributed by atoms with E-state index in [1.54, 1.807) is 10.9 Å². The van der Waals surface area contributed by atoms with Crippen LogP contribution in [-0.4, -0.2) is 30.3 Å². The number of aryl methyl sites for hydroxylation is 1. The number of anilines is 1. The van der Waals surface area contributed by atoms with Crippen molar-refractivity contribution in [3.63, 3.8) is 0 Å². The summed E-state index contributed by atoms with van der Waals surface area (Å²) in [5.74, 6) is -0.448. The lowest BCUT2D eigenvalue weighted by atomic mass is 10.1. The number of halogens is 1. The maximum absolute atomic E-state index is 12.7. The summed E-state index contributed by atoms with van der Waals surface area (Å²) >= 11 is 5.84. The Morgan fingerprint density at radius 1 is 0.900 bits per heavy atom. The second kappa shape index (κ2) is 11.6. The van der Waals surface area contributed by atoms with Gasteiger partial charge in [-0.25, -0.2) is 18.5 Å². The SMILES string of the molecule is Cc1ccc(-c2nn(-c3ccccc3)cc2C=NNC(=O)c2ccc(NS(=O)(=O)c3ccc(Cl)cc3)cc2)cc1. The number of hydrogen-bond acceptors (Lipinski definition) is 5. The molecule has 0 aliphatic heterocycles. The van der Waals surface area contributed by atoms with Crippen molar-refractivity contribution < 1.29 is 13.2 Å². The van der Waals surface area contributed by atoms with Gasteiger partial charge in [0.25, 0.3) is 15.9 Å². The standard InChI is InChI=1S/C30H24ClN5O3S/c1-21-7-9-22(10-8-21)29-24(20-36(34-29)27-5-3-2-4-6-27)19-32-33-30(37)23-11-15-26(16-12-23)35-40(38,39)28-17-13-25(31)14-18-28/h2-20,35H,1H3,(H,33,37). The van der Waals surface area contributed by atoms with Crippen LogP contribution in [0.4, 0.5) is 5.69 Å². The highest BCUT2D eigenvalue weighted by Gasteiger charge is 2.15. The van der Waals surface area contributed by atoms with Crippen LogP contribution in [0.5, 0.6) is 0 Å². The molecule has 5 rings (SSSR count). The Hall–Kier alpha value is -4.73. The van der Waals surface area contributed by atoms with E-state index in [2.05, 4.69) is 15.2 Å². The smallest absolute Gasteiger partial charge is 0.271 e. The van der Waals surface area contributed by atoms with Crippen LogP contribution < -0.4 is 10.1 Å². The summed E-state index contributed by atoms with van der Waals surface area (Å²) in [5, 5.41) is 9.35. The van der Waals surface area contributed by atoms with Gasteiger partial charge in [0.15, 0.2) is 0 Å². The van der Waals surface area contributed by atoms with E-state index in [0.717, 1.165) is 28.1 Å². The lowest BCUT2D eigenvalue weighted by molar-refractivity contribution is 0.0955. The largest absolute Gasteiger partial charge is 0.280 e. The highest BCUT2D eigenvalue weighted by Crippen LogP contribution is 2.23. The Kier molecular flexibility index (Phi) is 7.77. The van der Waals surface area contributed by atoms with Crippen LogP contribution in [0.15, 0.2) is 119 Å². The topological polar surface area (TPSA) is 105 Å². The molecule has 0 unspecified atom stereocenters. The molecule has 0 spiro atoms. The first kappa shape index (κ1) is 26.9. The second-order valence-electron chi connectivity index (χ2n) is 8.92. The molecule has 0 bridgehead atoms. The first-order valence-electron chi connectivity index (χ1n) is 12.2. The van der Waals surface area contributed by atoms with E-state index in [9.17, 15) is 13.2 Å². The maximum atomic E-state index is 12.7. The van der Waals surface area contributed by atoms with E-state index in [0.29, 0.717) is 16.3 Å². The first-order chi connectivity index (χ1) is 19.3. The Bertz CT molecular complexity index is 1770. The molecule has 1 heterocycles. The minimum Gasteiger partial charge on any atom is -0.280 e. The molecule has 10 heteroatoms. The number of carbonyl (C=O) groups is 1. The molecular weight excluding hydrogens is 546 g/mol. The van der Waals surface area contributed by atoms with Crippen molar-refractivity contribution in [1.82, 2.24) is 15.2 Å². The van der Waals surface area contributed by atoms with Gasteiger partial charge in [-0.15, -0.1) is 0 Å². The van der Waals surface area contributed by atoms with Crippen LogP contribution in [0.3, 0.4) is 0 Å². The second-order valence-corrected chi connectivity index (χ2v) is 11.0. The summed E-state index contributed by atoms with van der Waals surface area (Å²) < 4.78 is 29.4. The molecule has 200 valence electrons. The maximum Gasteiger partial charge on any atom is 0.271 e. The quantitative estimate of drug-likeness (QED) is 0.175. The third-order valence-corrected chi connectivity index (χ3v) is 7.63. The summed E-state index contributed by atoms with van der Waals surface area (Å²) in [4.78, 5) is 12.8. The number of carbonyl (C=O) groups excluding carboxylic acids is 1. The van der Waals surface area contributed by atoms with E-state index in [1.165, 1.54) is 48.5 Å². The molecule has 0 saturated carbocycles. The van der Waals surface area contributed by atoms with Gasteiger partial charge in [0.1, 0.15) is 5.69 Å². The van der Waals surface area contributed by atoms with Crippen molar-refractivity contribution in [2.45, 2.75) is 11.8 Å². The van der Waals surface area contributed by atoms with Crippen LogP contribution >= 0.6 is 11.6 Å². The lowest BCUT2D eigenvalue weighted by Crippen LogP contribution is -2.18. The van der Waals surface area contributed by atoms with Gasteiger partial charge in [-0.2, -0.15) is 10.2 Å². The van der Waals surface area contributed by atoms with Crippen molar-refractivity contribution in [2.75, 3.05) is 4.72 Å². The van der Waals surface area contributed by atoms with E-state index in [4.69, 9.17) is 16.7 Å². The minimum absolute atomic E-state index is 0.0775. The van der Waals surface area contributed by atoms with Gasteiger partial charge in [-0.3, -0.25) is 9.52 Å². The Morgan fingerprint density at radius 3 is 2.25 bits per heavy atom. The molecule has 8 nitrogen and oxygen atoms in total. The Morgan fingerprint density at radius 2 is 1.57 bits per heavy atom. The molecule has 0 aliphatic carbocycles. The summed E-state index contributed by atoms with van der Waals surface area (Å²) in [6, 6.07) is 29.6. The van der Waals surface area contributed by atoms with Crippen LogP contribution in [0.1, 0.15) is 21.5 Å². The van der Waals surface area contributed by atoms with E-state index >= 15 is 0 Å². The normalized spacial score (nSPS) is 11.4. The molecule has 0 aliphatic rings. The number of nitrogens with one attached hydrogen (secondary N) is 2. The van der Waals surface area contributed by atoms with Crippen molar-refractivity contribution >= 4 is 39.4 Å². The van der Waals surface area contributed by atoms with Crippen LogP contribution in [-0.2, 0) is 10.0 Å². The number of sulfonamides is 1. The zero-order valence-corrected chi connectivity index (χ0v) is 22.9. The predicted octanol–water partition coefficient (Wildman–Crippen LogP) is 6.07. The Labute approximate surface area is 237 Å². The first-order valence-corrected chi connectivity index (χ1v) is 14.1. The highest BCUT2D eigenvalue weighted by atomic mass is 35.5. The van der Waals surface area contributed by atoms with E-state index < -0.39 is 15.9 Å². The van der Waals surface area contributed by atoms with Crippen LogP contribution in [0, 0.1) is 6.92 Å². The summed E-state index contributed by atoms with van der Waals surface area (Å²) in [7, 11) is -3.80. The molecule has 5 aromatic rings. The molecule has 0 atom stereocenters. The lowest BCUT2D eigenvalue weighted by Gasteiger charge is -2.08. The molecule has 1 amide bonds. The number of hydrogen-bond donors (Lipinski definition) is 2. The zero-order valence-electron chi connectivity index (χ0n) is 21.3. The van der Waals surface area contributed by atoms with Crippen LogP contribution in [0.2, 0.25) is 5.02 Å². The van der Waals surface area contributed by atoms with Gasteiger partial charge in [0.05, 0.1) is 16.8 Å². The number of hydrazone groups is 1. The number of aromatic nitrogens is 2. The molecule has 4 aromatic carbocycles. The number of benzene rings is 4. The van der Waals surface area contributed by atoms with Gasteiger partial charge in [0, 0.05) is 33.6 Å². The van der Waals surface area contributed by atoms with Gasteiger partial charge in [0.2, 0.25) is 0 Å². The minimum atomic E-state index is -3.80. The molecule has 0 radical (unpaired) electrons. The Balaban J connectivity index is 1.30. The van der Waals surface area contributed by atoms with Crippen molar-refractivity contribution in [2.24, 2.45) is 5.10 Å². The fourth-order valence-electron chi connectivity index (χ4n) is 3.87. The fourth-order valence-corrected chi connectivity index (χ4v) is 5.06. The molecular formula is C30H24ClN5O3S. The number of nitrogens with zero attached hydrogens (tertiary/aromatic N) is 3. The third kappa shape index (κ3) is 6.28. The number of para-hydroxylation sites is 1. The van der Waals surface area contributed by atoms with Crippen LogP contribution in [0.25, 0.3) is 16.9 Å². The van der Waals surface area contributed by atoms with Crippen molar-refractivity contribution in [1.29, 1.82) is 0 Å². The highest BCUT2D eigenvalue weighted by molar-refractivity contribution is 7.92. The van der Waals surface area contributed by atoms with Gasteiger partial charge in [-0.05, 0) is 67.6 Å². The zero-order chi connectivity index (χ0) is 28.1. The predicted molar refractivity (Wildman–Crippen MR) is 157 cm³/mol.